The first kappa shape index (κ1) is 22.2. The Morgan fingerprint density at radius 3 is 2.64 bits per heavy atom. The van der Waals surface area contributed by atoms with Gasteiger partial charge in [0.15, 0.2) is 6.61 Å². The quantitative estimate of drug-likeness (QED) is 0.594. The molecule has 0 bridgehead atoms. The van der Waals surface area contributed by atoms with Crippen molar-refractivity contribution in [1.82, 2.24) is 10.2 Å². The number of benzene rings is 2. The molecule has 0 heterocycles. The third-order valence-corrected chi connectivity index (χ3v) is 4.95. The summed E-state index contributed by atoms with van der Waals surface area (Å²) < 4.78 is 6.50. The summed E-state index contributed by atoms with van der Waals surface area (Å²) in [5, 5.41) is 3.28. The van der Waals surface area contributed by atoms with Gasteiger partial charge in [-0.1, -0.05) is 58.7 Å². The molecule has 150 valence electrons. The van der Waals surface area contributed by atoms with Crippen molar-refractivity contribution in [2.24, 2.45) is 0 Å². The maximum Gasteiger partial charge on any atom is 0.261 e. The van der Waals surface area contributed by atoms with Gasteiger partial charge in [0, 0.05) is 17.6 Å². The van der Waals surface area contributed by atoms with Gasteiger partial charge in [-0.05, 0) is 43.2 Å². The van der Waals surface area contributed by atoms with Gasteiger partial charge >= 0.3 is 0 Å². The van der Waals surface area contributed by atoms with Gasteiger partial charge in [-0.15, -0.1) is 0 Å². The lowest BCUT2D eigenvalue weighted by Crippen LogP contribution is -2.49. The second kappa shape index (κ2) is 11.1. The summed E-state index contributed by atoms with van der Waals surface area (Å²) >= 11 is 9.52. The molecule has 1 atom stereocenters. The molecule has 28 heavy (non-hydrogen) atoms. The summed E-state index contributed by atoms with van der Waals surface area (Å²) in [6.45, 7) is 4.36. The van der Waals surface area contributed by atoms with Gasteiger partial charge in [0.2, 0.25) is 5.91 Å². The van der Waals surface area contributed by atoms with Gasteiger partial charge in [0.25, 0.3) is 5.91 Å². The van der Waals surface area contributed by atoms with Crippen LogP contribution in [-0.4, -0.2) is 35.9 Å². The van der Waals surface area contributed by atoms with Crippen LogP contribution in [-0.2, 0) is 16.1 Å². The Morgan fingerprint density at radius 2 is 1.96 bits per heavy atom. The molecule has 0 aliphatic rings. The number of nitrogens with zero attached hydrogens (tertiary/aromatic N) is 1. The summed E-state index contributed by atoms with van der Waals surface area (Å²) in [4.78, 5) is 26.9. The molecule has 0 fully saturated rings. The molecule has 2 amide bonds. The van der Waals surface area contributed by atoms with Crippen molar-refractivity contribution in [1.29, 1.82) is 0 Å². The molecule has 2 aromatic carbocycles. The Bertz CT molecular complexity index is 816. The Kier molecular flexibility index (Phi) is 8.80. The van der Waals surface area contributed by atoms with E-state index >= 15 is 0 Å². The van der Waals surface area contributed by atoms with Crippen LogP contribution in [0.25, 0.3) is 0 Å². The Morgan fingerprint density at radius 1 is 1.21 bits per heavy atom. The minimum atomic E-state index is -0.632. The maximum atomic E-state index is 12.9. The fourth-order valence-corrected chi connectivity index (χ4v) is 3.23. The average molecular weight is 468 g/mol. The number of amides is 2. The number of ether oxygens (including phenoxy) is 1. The lowest BCUT2D eigenvalue weighted by molar-refractivity contribution is -0.142. The van der Waals surface area contributed by atoms with Gasteiger partial charge in [-0.2, -0.15) is 0 Å². The molecule has 0 aromatic heterocycles. The normalized spacial score (nSPS) is 11.6. The third-order valence-electron chi connectivity index (χ3n) is 4.15. The van der Waals surface area contributed by atoms with Crippen molar-refractivity contribution in [3.05, 3.63) is 63.6 Å². The minimum Gasteiger partial charge on any atom is -0.482 e. The van der Waals surface area contributed by atoms with Crippen LogP contribution in [0.3, 0.4) is 0 Å². The van der Waals surface area contributed by atoms with E-state index in [9.17, 15) is 9.59 Å². The number of para-hydroxylation sites is 1. The van der Waals surface area contributed by atoms with Crippen LogP contribution in [0.4, 0.5) is 0 Å². The van der Waals surface area contributed by atoms with Crippen molar-refractivity contribution >= 4 is 39.3 Å². The van der Waals surface area contributed by atoms with E-state index in [0.29, 0.717) is 23.9 Å². The van der Waals surface area contributed by atoms with Crippen molar-refractivity contribution < 1.29 is 14.3 Å². The first-order chi connectivity index (χ1) is 13.4. The first-order valence-electron chi connectivity index (χ1n) is 9.11. The van der Waals surface area contributed by atoms with Crippen LogP contribution in [0.1, 0.15) is 25.8 Å². The van der Waals surface area contributed by atoms with E-state index in [2.05, 4.69) is 21.2 Å². The fraction of sp³-hybridized carbons (Fsp3) is 0.333. The van der Waals surface area contributed by atoms with Crippen LogP contribution >= 0.6 is 27.5 Å². The number of nitrogens with one attached hydrogen (secondary N) is 1. The molecule has 2 aromatic rings. The van der Waals surface area contributed by atoms with Gasteiger partial charge in [-0.25, -0.2) is 0 Å². The molecule has 0 unspecified atom stereocenters. The second-order valence-electron chi connectivity index (χ2n) is 6.34. The molecule has 5 nitrogen and oxygen atoms in total. The number of halogens is 2. The molecule has 0 aliphatic heterocycles. The molecule has 1 N–H and O–H groups in total. The summed E-state index contributed by atoms with van der Waals surface area (Å²) in [5.74, 6) is -0.0509. The second-order valence-corrected chi connectivity index (χ2v) is 7.66. The number of rotatable bonds is 9. The van der Waals surface area contributed by atoms with Gasteiger partial charge < -0.3 is 15.0 Å². The zero-order valence-electron chi connectivity index (χ0n) is 16.0. The number of hydrogen-bond acceptors (Lipinski definition) is 3. The first-order valence-corrected chi connectivity index (χ1v) is 10.3. The van der Waals surface area contributed by atoms with E-state index in [1.807, 2.05) is 31.2 Å². The number of carbonyl (C=O) groups is 2. The summed E-state index contributed by atoms with van der Waals surface area (Å²) in [7, 11) is 0. The summed E-state index contributed by atoms with van der Waals surface area (Å²) in [6.07, 6.45) is 0.827. The Balaban J connectivity index is 2.14. The zero-order valence-corrected chi connectivity index (χ0v) is 18.3. The summed E-state index contributed by atoms with van der Waals surface area (Å²) in [6, 6.07) is 14.0. The van der Waals surface area contributed by atoms with E-state index in [-0.39, 0.29) is 18.4 Å². The average Bonchev–Trinajstić information content (AvgIpc) is 2.69. The summed E-state index contributed by atoms with van der Waals surface area (Å²) in [5.41, 5.74) is 0.913. The lowest BCUT2D eigenvalue weighted by atomic mass is 10.1. The predicted molar refractivity (Wildman–Crippen MR) is 114 cm³/mol. The van der Waals surface area contributed by atoms with Crippen molar-refractivity contribution in [2.45, 2.75) is 32.9 Å². The molecular weight excluding hydrogens is 444 g/mol. The standard InChI is InChI=1S/C21H24BrClN2O3/c1-3-11-24-21(27)15(2)25(13-16-7-6-8-17(22)12-16)20(26)14-28-19-10-5-4-9-18(19)23/h4-10,12,15H,3,11,13-14H2,1-2H3,(H,24,27)/t15-/m1/s1. The highest BCUT2D eigenvalue weighted by Gasteiger charge is 2.26. The molecule has 7 heteroatoms. The minimum absolute atomic E-state index is 0.192. The molecule has 0 saturated heterocycles. The molecule has 2 rings (SSSR count). The van der Waals surface area contributed by atoms with Crippen LogP contribution in [0, 0.1) is 0 Å². The van der Waals surface area contributed by atoms with Gasteiger partial charge in [-0.3, -0.25) is 9.59 Å². The van der Waals surface area contributed by atoms with E-state index < -0.39 is 6.04 Å². The molecule has 0 saturated carbocycles. The van der Waals surface area contributed by atoms with Crippen molar-refractivity contribution in [3.63, 3.8) is 0 Å². The van der Waals surface area contributed by atoms with E-state index in [4.69, 9.17) is 16.3 Å². The van der Waals surface area contributed by atoms with Crippen LogP contribution < -0.4 is 10.1 Å². The molecular formula is C21H24BrClN2O3. The highest BCUT2D eigenvalue weighted by atomic mass is 79.9. The molecule has 0 spiro atoms. The topological polar surface area (TPSA) is 58.6 Å². The molecule has 0 radical (unpaired) electrons. The van der Waals surface area contributed by atoms with Crippen molar-refractivity contribution in [2.75, 3.05) is 13.2 Å². The number of carbonyl (C=O) groups excluding carboxylic acids is 2. The van der Waals surface area contributed by atoms with Gasteiger partial charge in [0.05, 0.1) is 5.02 Å². The van der Waals surface area contributed by atoms with Gasteiger partial charge in [0.1, 0.15) is 11.8 Å². The predicted octanol–water partition coefficient (Wildman–Crippen LogP) is 4.42. The van der Waals surface area contributed by atoms with Crippen LogP contribution in [0.5, 0.6) is 5.75 Å². The SMILES string of the molecule is CCCNC(=O)[C@@H](C)N(Cc1cccc(Br)c1)C(=O)COc1ccccc1Cl. The smallest absolute Gasteiger partial charge is 0.261 e. The van der Waals surface area contributed by atoms with Crippen LogP contribution in [0.15, 0.2) is 53.0 Å². The number of hydrogen-bond donors (Lipinski definition) is 1. The van der Waals surface area contributed by atoms with E-state index in [1.54, 1.807) is 31.2 Å². The maximum absolute atomic E-state index is 12.9. The lowest BCUT2D eigenvalue weighted by Gasteiger charge is -2.28. The zero-order chi connectivity index (χ0) is 20.5. The highest BCUT2D eigenvalue weighted by molar-refractivity contribution is 9.10. The van der Waals surface area contributed by atoms with E-state index in [0.717, 1.165) is 16.5 Å². The van der Waals surface area contributed by atoms with Crippen molar-refractivity contribution in [3.8, 4) is 5.75 Å². The van der Waals surface area contributed by atoms with Crippen LogP contribution in [0.2, 0.25) is 5.02 Å². The molecule has 0 aliphatic carbocycles. The Hall–Kier alpha value is -2.05. The monoisotopic (exact) mass is 466 g/mol. The highest BCUT2D eigenvalue weighted by Crippen LogP contribution is 2.23. The fourth-order valence-electron chi connectivity index (χ4n) is 2.59. The van der Waals surface area contributed by atoms with E-state index in [1.165, 1.54) is 4.90 Å². The third kappa shape index (κ3) is 6.53. The Labute approximate surface area is 179 Å². The largest absolute Gasteiger partial charge is 0.482 e.